The Hall–Kier alpha value is -2.58. The molecular weight excluding hydrogens is 432 g/mol. The molecule has 3 rings (SSSR count). The Morgan fingerprint density at radius 1 is 1.16 bits per heavy atom. The molecule has 1 amide bonds. The van der Waals surface area contributed by atoms with Crippen molar-refractivity contribution in [2.45, 2.75) is 32.1 Å². The van der Waals surface area contributed by atoms with E-state index >= 15 is 0 Å². The molecule has 0 spiro atoms. The maximum Gasteiger partial charge on any atom is 0.326 e. The Bertz CT molecular complexity index is 1090. The molecule has 6 nitrogen and oxygen atoms in total. The van der Waals surface area contributed by atoms with E-state index in [1.54, 1.807) is 18.6 Å². The summed E-state index contributed by atoms with van der Waals surface area (Å²) in [6.45, 7) is 2.09. The van der Waals surface area contributed by atoms with Crippen LogP contribution in [0.4, 0.5) is 0 Å². The first-order valence-electron chi connectivity index (χ1n) is 10.1. The van der Waals surface area contributed by atoms with Crippen molar-refractivity contribution in [3.05, 3.63) is 58.9 Å². The second-order valence-electron chi connectivity index (χ2n) is 6.76. The molecule has 0 radical (unpaired) electrons. The maximum absolute atomic E-state index is 12.5. The number of amides is 1. The second kappa shape index (κ2) is 11.7. The number of thiazole rings is 1. The van der Waals surface area contributed by atoms with Gasteiger partial charge in [-0.05, 0) is 42.9 Å². The summed E-state index contributed by atoms with van der Waals surface area (Å²) in [5.41, 5.74) is 2.10. The number of aromatic nitrogens is 1. The van der Waals surface area contributed by atoms with Crippen molar-refractivity contribution in [1.82, 2.24) is 4.57 Å². The van der Waals surface area contributed by atoms with Gasteiger partial charge in [0, 0.05) is 12.2 Å². The van der Waals surface area contributed by atoms with Crippen LogP contribution in [0, 0.1) is 0 Å². The number of hydrogen-bond donors (Lipinski definition) is 0. The maximum atomic E-state index is 12.5. The van der Waals surface area contributed by atoms with Crippen LogP contribution in [-0.2, 0) is 26.6 Å². The quantitative estimate of drug-likeness (QED) is 0.332. The van der Waals surface area contributed by atoms with E-state index in [0.29, 0.717) is 23.6 Å². The molecule has 1 heterocycles. The van der Waals surface area contributed by atoms with Crippen LogP contribution >= 0.6 is 23.1 Å². The van der Waals surface area contributed by atoms with E-state index in [1.165, 1.54) is 16.9 Å². The number of nitrogens with zero attached hydrogens (tertiary/aromatic N) is 2. The molecule has 0 atom stereocenters. The first-order chi connectivity index (χ1) is 15.1. The fraction of sp³-hybridized carbons (Fsp3) is 0.348. The highest BCUT2D eigenvalue weighted by Gasteiger charge is 2.13. The number of thioether (sulfide) groups is 1. The molecule has 8 heteroatoms. The topological polar surface area (TPSA) is 69.9 Å². The molecule has 0 aliphatic carbocycles. The largest absolute Gasteiger partial charge is 0.497 e. The molecule has 0 N–H and O–H groups in total. The van der Waals surface area contributed by atoms with Crippen molar-refractivity contribution in [3.63, 3.8) is 0 Å². The van der Waals surface area contributed by atoms with Crippen LogP contribution < -0.4 is 9.54 Å². The zero-order chi connectivity index (χ0) is 22.1. The van der Waals surface area contributed by atoms with Crippen LogP contribution in [-0.4, -0.2) is 35.9 Å². The van der Waals surface area contributed by atoms with E-state index in [-0.39, 0.29) is 18.4 Å². The van der Waals surface area contributed by atoms with Gasteiger partial charge in [-0.2, -0.15) is 16.8 Å². The van der Waals surface area contributed by atoms with Crippen LogP contribution in [0.2, 0.25) is 0 Å². The number of benzene rings is 2. The monoisotopic (exact) mass is 458 g/mol. The molecule has 0 unspecified atom stereocenters. The zero-order valence-electron chi connectivity index (χ0n) is 17.7. The highest BCUT2D eigenvalue weighted by atomic mass is 32.2. The number of carbonyl (C=O) groups excluding carboxylic acids is 2. The average molecular weight is 459 g/mol. The molecule has 0 bridgehead atoms. The molecular formula is C23H26N2O4S2. The van der Waals surface area contributed by atoms with Gasteiger partial charge in [0.05, 0.1) is 23.9 Å². The number of rotatable bonds is 10. The number of fused-ring (bicyclic) bond motifs is 1. The van der Waals surface area contributed by atoms with Crippen LogP contribution in [0.5, 0.6) is 5.75 Å². The Morgan fingerprint density at radius 2 is 1.97 bits per heavy atom. The SMILES string of the molecule is CCOC(=O)Cn1c(=NC(=O)CCCSCc2ccccc2)sc2cc(OC)ccc21. The van der Waals surface area contributed by atoms with Crippen LogP contribution in [0.15, 0.2) is 53.5 Å². The molecule has 2 aromatic carbocycles. The Balaban J connectivity index is 1.68. The summed E-state index contributed by atoms with van der Waals surface area (Å²) >= 11 is 3.17. The first-order valence-corrected chi connectivity index (χ1v) is 12.1. The van der Waals surface area contributed by atoms with E-state index in [0.717, 1.165) is 28.1 Å². The van der Waals surface area contributed by atoms with Gasteiger partial charge in [-0.1, -0.05) is 41.7 Å². The van der Waals surface area contributed by atoms with E-state index in [9.17, 15) is 9.59 Å². The van der Waals surface area contributed by atoms with Crippen molar-refractivity contribution >= 4 is 45.2 Å². The molecule has 0 fully saturated rings. The van der Waals surface area contributed by atoms with Crippen molar-refractivity contribution in [1.29, 1.82) is 0 Å². The minimum atomic E-state index is -0.357. The van der Waals surface area contributed by atoms with E-state index in [2.05, 4.69) is 17.1 Å². The predicted octanol–water partition coefficient (Wildman–Crippen LogP) is 4.42. The van der Waals surface area contributed by atoms with Crippen LogP contribution in [0.3, 0.4) is 0 Å². The third-order valence-corrected chi connectivity index (χ3v) is 6.65. The predicted molar refractivity (Wildman–Crippen MR) is 125 cm³/mol. The van der Waals surface area contributed by atoms with Gasteiger partial charge in [0.1, 0.15) is 12.3 Å². The van der Waals surface area contributed by atoms with Gasteiger partial charge in [-0.15, -0.1) is 0 Å². The van der Waals surface area contributed by atoms with Crippen LogP contribution in [0.1, 0.15) is 25.3 Å². The molecule has 164 valence electrons. The molecule has 0 saturated carbocycles. The van der Waals surface area contributed by atoms with Crippen molar-refractivity contribution in [2.24, 2.45) is 4.99 Å². The molecule has 0 aliphatic heterocycles. The Morgan fingerprint density at radius 3 is 2.71 bits per heavy atom. The lowest BCUT2D eigenvalue weighted by Crippen LogP contribution is -2.23. The highest BCUT2D eigenvalue weighted by Crippen LogP contribution is 2.23. The zero-order valence-corrected chi connectivity index (χ0v) is 19.3. The van der Waals surface area contributed by atoms with E-state index < -0.39 is 0 Å². The minimum absolute atomic E-state index is 0.0131. The standard InChI is InChI=1S/C23H26N2O4S2/c1-3-29-22(27)15-25-19-12-11-18(28-2)14-20(19)31-23(25)24-21(26)10-7-13-30-16-17-8-5-4-6-9-17/h4-6,8-9,11-12,14H,3,7,10,13,15-16H2,1-2H3. The molecule has 31 heavy (non-hydrogen) atoms. The van der Waals surface area contributed by atoms with Crippen molar-refractivity contribution in [3.8, 4) is 5.75 Å². The van der Waals surface area contributed by atoms with E-state index in [1.807, 2.05) is 48.2 Å². The summed E-state index contributed by atoms with van der Waals surface area (Å²) < 4.78 is 13.0. The summed E-state index contributed by atoms with van der Waals surface area (Å²) in [5, 5.41) is 0. The third-order valence-electron chi connectivity index (χ3n) is 4.49. The smallest absolute Gasteiger partial charge is 0.326 e. The third kappa shape index (κ3) is 6.70. The number of esters is 1. The summed E-state index contributed by atoms with van der Waals surface area (Å²) in [7, 11) is 1.60. The fourth-order valence-corrected chi connectivity index (χ4v) is 5.00. The van der Waals surface area contributed by atoms with Crippen molar-refractivity contribution < 1.29 is 19.1 Å². The lowest BCUT2D eigenvalue weighted by atomic mass is 10.2. The van der Waals surface area contributed by atoms with Crippen molar-refractivity contribution in [2.75, 3.05) is 19.5 Å². The Labute approximate surface area is 189 Å². The lowest BCUT2D eigenvalue weighted by Gasteiger charge is -2.05. The number of ether oxygens (including phenoxy) is 2. The minimum Gasteiger partial charge on any atom is -0.497 e. The molecule has 3 aromatic rings. The first kappa shape index (κ1) is 23.1. The molecule has 0 aliphatic rings. The highest BCUT2D eigenvalue weighted by molar-refractivity contribution is 7.98. The Kier molecular flexibility index (Phi) is 8.73. The average Bonchev–Trinajstić information content (AvgIpc) is 3.10. The summed E-state index contributed by atoms with van der Waals surface area (Å²) in [6, 6.07) is 15.9. The van der Waals surface area contributed by atoms with Gasteiger partial charge in [-0.25, -0.2) is 0 Å². The number of carbonyl (C=O) groups is 2. The molecule has 0 saturated heterocycles. The van der Waals surface area contributed by atoms with Gasteiger partial charge in [0.2, 0.25) is 5.91 Å². The van der Waals surface area contributed by atoms with Gasteiger partial charge >= 0.3 is 5.97 Å². The molecule has 1 aromatic heterocycles. The van der Waals surface area contributed by atoms with Crippen LogP contribution in [0.25, 0.3) is 10.2 Å². The van der Waals surface area contributed by atoms with Gasteiger partial charge in [0.25, 0.3) is 0 Å². The number of hydrogen-bond acceptors (Lipinski definition) is 6. The summed E-state index contributed by atoms with van der Waals surface area (Å²) in [6.07, 6.45) is 1.13. The summed E-state index contributed by atoms with van der Waals surface area (Å²) in [4.78, 5) is 29.4. The van der Waals surface area contributed by atoms with Gasteiger partial charge in [-0.3, -0.25) is 9.59 Å². The number of methoxy groups -OCH3 is 1. The fourth-order valence-electron chi connectivity index (χ4n) is 3.01. The second-order valence-corrected chi connectivity index (χ2v) is 8.87. The normalized spacial score (nSPS) is 11.6. The van der Waals surface area contributed by atoms with Gasteiger partial charge < -0.3 is 14.0 Å². The van der Waals surface area contributed by atoms with Gasteiger partial charge in [0.15, 0.2) is 4.80 Å². The summed E-state index contributed by atoms with van der Waals surface area (Å²) in [5.74, 6) is 2.00. The lowest BCUT2D eigenvalue weighted by molar-refractivity contribution is -0.143. The van der Waals surface area contributed by atoms with E-state index in [4.69, 9.17) is 9.47 Å².